The van der Waals surface area contributed by atoms with Crippen molar-refractivity contribution >= 4 is 18.3 Å². The van der Waals surface area contributed by atoms with Gasteiger partial charge in [0.25, 0.3) is 0 Å². The van der Waals surface area contributed by atoms with E-state index < -0.39 is 0 Å². The van der Waals surface area contributed by atoms with Gasteiger partial charge in [0.2, 0.25) is 5.91 Å². The predicted octanol–water partition coefficient (Wildman–Crippen LogP) is 1.60. The van der Waals surface area contributed by atoms with Crippen LogP contribution in [0.15, 0.2) is 24.3 Å². The molecule has 0 radical (unpaired) electrons. The second-order valence-electron chi connectivity index (χ2n) is 5.68. The molecule has 1 aromatic carbocycles. The molecule has 1 saturated heterocycles. The Hall–Kier alpha value is -1.30. The highest BCUT2D eigenvalue weighted by atomic mass is 35.5. The molecule has 1 aromatic rings. The van der Waals surface area contributed by atoms with Crippen molar-refractivity contribution in [2.45, 2.75) is 37.4 Å². The van der Waals surface area contributed by atoms with E-state index in [9.17, 15) is 4.79 Å². The highest BCUT2D eigenvalue weighted by molar-refractivity contribution is 5.85. The third-order valence-electron chi connectivity index (χ3n) is 4.27. The molecule has 2 aliphatic heterocycles. The fourth-order valence-corrected chi connectivity index (χ4v) is 3.04. The summed E-state index contributed by atoms with van der Waals surface area (Å²) >= 11 is 0. The molecule has 1 unspecified atom stereocenters. The van der Waals surface area contributed by atoms with E-state index in [-0.39, 0.29) is 30.5 Å². The van der Waals surface area contributed by atoms with E-state index in [1.165, 1.54) is 5.56 Å². The maximum atomic E-state index is 12.2. The molecule has 1 amide bonds. The zero-order chi connectivity index (χ0) is 14.7. The number of halogens is 1. The lowest BCUT2D eigenvalue weighted by atomic mass is 9.93. The van der Waals surface area contributed by atoms with Crippen LogP contribution in [0.2, 0.25) is 0 Å². The van der Waals surface area contributed by atoms with Crippen LogP contribution in [0.25, 0.3) is 0 Å². The molecule has 0 aliphatic carbocycles. The van der Waals surface area contributed by atoms with Gasteiger partial charge >= 0.3 is 0 Å². The van der Waals surface area contributed by atoms with Crippen molar-refractivity contribution in [3.8, 4) is 5.75 Å². The third-order valence-corrected chi connectivity index (χ3v) is 4.27. The number of nitrogens with one attached hydrogen (secondary N) is 1. The van der Waals surface area contributed by atoms with E-state index in [1.807, 2.05) is 18.2 Å². The van der Waals surface area contributed by atoms with Gasteiger partial charge in [0.15, 0.2) is 0 Å². The summed E-state index contributed by atoms with van der Waals surface area (Å²) in [5.74, 6) is 1.23. The van der Waals surface area contributed by atoms with Crippen LogP contribution < -0.4 is 15.8 Å². The van der Waals surface area contributed by atoms with Gasteiger partial charge in [-0.25, -0.2) is 0 Å². The largest absolute Gasteiger partial charge is 0.493 e. The molecule has 0 spiro atoms. The minimum Gasteiger partial charge on any atom is -0.493 e. The second kappa shape index (κ2) is 7.81. The normalized spacial score (nSPS) is 26.5. The number of carbonyl (C=O) groups excluding carboxylic acids is 1. The van der Waals surface area contributed by atoms with Gasteiger partial charge in [0.05, 0.1) is 12.7 Å². The predicted molar refractivity (Wildman–Crippen MR) is 86.5 cm³/mol. The SMILES string of the molecule is Cl.NC[C@H]1CC[C@@H](C(=O)NCC2CCOc3ccccc32)O1. The first-order chi connectivity index (χ1) is 10.3. The molecule has 22 heavy (non-hydrogen) atoms. The number of hydrogen-bond acceptors (Lipinski definition) is 4. The molecule has 6 heteroatoms. The van der Waals surface area contributed by atoms with E-state index in [4.69, 9.17) is 15.2 Å². The van der Waals surface area contributed by atoms with Gasteiger partial charge in [0.1, 0.15) is 11.9 Å². The monoisotopic (exact) mass is 326 g/mol. The van der Waals surface area contributed by atoms with Crippen molar-refractivity contribution in [1.29, 1.82) is 0 Å². The molecule has 3 rings (SSSR count). The Morgan fingerprint density at radius 1 is 1.27 bits per heavy atom. The molecule has 3 atom stereocenters. The summed E-state index contributed by atoms with van der Waals surface area (Å²) in [6.07, 6.45) is 2.25. The molecular formula is C16H23ClN2O3. The number of rotatable bonds is 4. The van der Waals surface area contributed by atoms with Crippen LogP contribution >= 0.6 is 12.4 Å². The van der Waals surface area contributed by atoms with Gasteiger partial charge in [-0.15, -0.1) is 12.4 Å². The maximum absolute atomic E-state index is 12.2. The number of amides is 1. The smallest absolute Gasteiger partial charge is 0.249 e. The van der Waals surface area contributed by atoms with Crippen molar-refractivity contribution in [3.63, 3.8) is 0 Å². The van der Waals surface area contributed by atoms with Crippen LogP contribution in [0, 0.1) is 0 Å². The topological polar surface area (TPSA) is 73.6 Å². The molecule has 3 N–H and O–H groups in total. The Bertz CT molecular complexity index is 512. The average molecular weight is 327 g/mol. The molecule has 0 bridgehead atoms. The summed E-state index contributed by atoms with van der Waals surface area (Å²) in [6.45, 7) is 1.82. The fourth-order valence-electron chi connectivity index (χ4n) is 3.04. The Kier molecular flexibility index (Phi) is 6.06. The first-order valence-electron chi connectivity index (χ1n) is 7.63. The molecule has 122 valence electrons. The number of para-hydroxylation sites is 1. The number of carbonyl (C=O) groups is 1. The van der Waals surface area contributed by atoms with Gasteiger partial charge in [-0.05, 0) is 30.9 Å². The minimum absolute atomic E-state index is 0. The molecule has 1 fully saturated rings. The highest BCUT2D eigenvalue weighted by Crippen LogP contribution is 2.32. The summed E-state index contributed by atoms with van der Waals surface area (Å²) in [5.41, 5.74) is 6.75. The Balaban J connectivity index is 0.00000176. The van der Waals surface area contributed by atoms with Crippen molar-refractivity contribution in [2.75, 3.05) is 19.7 Å². The van der Waals surface area contributed by atoms with Gasteiger partial charge in [0, 0.05) is 19.0 Å². The molecule has 0 saturated carbocycles. The number of hydrogen-bond donors (Lipinski definition) is 2. The quantitative estimate of drug-likeness (QED) is 0.881. The van der Waals surface area contributed by atoms with Crippen molar-refractivity contribution in [2.24, 2.45) is 5.73 Å². The summed E-state index contributed by atoms with van der Waals surface area (Å²) in [4.78, 5) is 12.2. The third kappa shape index (κ3) is 3.72. The number of fused-ring (bicyclic) bond motifs is 1. The Labute approximate surface area is 137 Å². The molecule has 0 aromatic heterocycles. The Morgan fingerprint density at radius 3 is 2.86 bits per heavy atom. The van der Waals surface area contributed by atoms with Gasteiger partial charge in [-0.3, -0.25) is 4.79 Å². The summed E-state index contributed by atoms with van der Waals surface area (Å²) in [5, 5.41) is 3.02. The standard InChI is InChI=1S/C16H22N2O3.ClH/c17-9-12-5-6-15(21-12)16(19)18-10-11-7-8-20-14-4-2-1-3-13(11)14;/h1-4,11-12,15H,5-10,17H2,(H,18,19);1H/t11?,12-,15+;/m1./s1. The van der Waals surface area contributed by atoms with Crippen LogP contribution in [0.1, 0.15) is 30.7 Å². The lowest BCUT2D eigenvalue weighted by Gasteiger charge is -2.26. The van der Waals surface area contributed by atoms with E-state index in [2.05, 4.69) is 11.4 Å². The molecule has 2 heterocycles. The average Bonchev–Trinajstić information content (AvgIpc) is 3.01. The van der Waals surface area contributed by atoms with E-state index in [0.717, 1.165) is 25.0 Å². The van der Waals surface area contributed by atoms with Gasteiger partial charge in [-0.2, -0.15) is 0 Å². The summed E-state index contributed by atoms with van der Waals surface area (Å²) < 4.78 is 11.3. The van der Waals surface area contributed by atoms with Crippen LogP contribution in [0.4, 0.5) is 0 Å². The Morgan fingerprint density at radius 2 is 2.09 bits per heavy atom. The van der Waals surface area contributed by atoms with Crippen LogP contribution in [-0.4, -0.2) is 37.8 Å². The first-order valence-corrected chi connectivity index (χ1v) is 7.63. The van der Waals surface area contributed by atoms with Crippen molar-refractivity contribution in [1.82, 2.24) is 5.32 Å². The van der Waals surface area contributed by atoms with E-state index >= 15 is 0 Å². The summed E-state index contributed by atoms with van der Waals surface area (Å²) in [6, 6.07) is 8.03. The zero-order valence-electron chi connectivity index (χ0n) is 12.5. The number of ether oxygens (including phenoxy) is 2. The fraction of sp³-hybridized carbons (Fsp3) is 0.562. The molecular weight excluding hydrogens is 304 g/mol. The van der Waals surface area contributed by atoms with Gasteiger partial charge < -0.3 is 20.5 Å². The number of nitrogens with two attached hydrogens (primary N) is 1. The van der Waals surface area contributed by atoms with Crippen LogP contribution in [-0.2, 0) is 9.53 Å². The highest BCUT2D eigenvalue weighted by Gasteiger charge is 2.30. The molecule has 5 nitrogen and oxygen atoms in total. The van der Waals surface area contributed by atoms with Gasteiger partial charge in [-0.1, -0.05) is 18.2 Å². The van der Waals surface area contributed by atoms with Crippen LogP contribution in [0.3, 0.4) is 0 Å². The molecule has 2 aliphatic rings. The second-order valence-corrected chi connectivity index (χ2v) is 5.68. The van der Waals surface area contributed by atoms with E-state index in [0.29, 0.717) is 25.6 Å². The lowest BCUT2D eigenvalue weighted by molar-refractivity contribution is -0.131. The van der Waals surface area contributed by atoms with E-state index in [1.54, 1.807) is 0 Å². The summed E-state index contributed by atoms with van der Waals surface area (Å²) in [7, 11) is 0. The zero-order valence-corrected chi connectivity index (χ0v) is 13.3. The number of benzene rings is 1. The van der Waals surface area contributed by atoms with Crippen molar-refractivity contribution in [3.05, 3.63) is 29.8 Å². The van der Waals surface area contributed by atoms with Crippen LogP contribution in [0.5, 0.6) is 5.75 Å². The maximum Gasteiger partial charge on any atom is 0.249 e. The van der Waals surface area contributed by atoms with Crippen molar-refractivity contribution < 1.29 is 14.3 Å². The first kappa shape index (κ1) is 17.1. The lowest BCUT2D eigenvalue weighted by Crippen LogP contribution is -2.38. The minimum atomic E-state index is -0.339.